The minimum Gasteiger partial charge on any atom is -0.362 e. The number of halogens is 1. The molecule has 1 aliphatic carbocycles. The predicted molar refractivity (Wildman–Crippen MR) is 75.6 cm³/mol. The lowest BCUT2D eigenvalue weighted by Crippen LogP contribution is -2.32. The summed E-state index contributed by atoms with van der Waals surface area (Å²) in [5.41, 5.74) is 0.216. The maximum absolute atomic E-state index is 11.0. The molecule has 0 radical (unpaired) electrons. The second kappa shape index (κ2) is 5.33. The summed E-state index contributed by atoms with van der Waals surface area (Å²) in [5, 5.41) is 14.5. The third-order valence-electron chi connectivity index (χ3n) is 3.58. The number of hydrogen-bond acceptors (Lipinski definition) is 4. The van der Waals surface area contributed by atoms with Crippen molar-refractivity contribution in [2.75, 3.05) is 5.32 Å². The number of nitrogens with zero attached hydrogens (tertiary/aromatic N) is 2. The third kappa shape index (κ3) is 3.56. The fourth-order valence-corrected chi connectivity index (χ4v) is 2.85. The normalized spacial score (nSPS) is 21.9. The number of nitro groups is 1. The van der Waals surface area contributed by atoms with Crippen LogP contribution in [0.15, 0.2) is 12.3 Å². The summed E-state index contributed by atoms with van der Waals surface area (Å²) in [5.74, 6) is 0.317. The highest BCUT2D eigenvalue weighted by molar-refractivity contribution is 6.30. The minimum atomic E-state index is -0.449. The van der Waals surface area contributed by atoms with E-state index in [1.807, 2.05) is 0 Å². The van der Waals surface area contributed by atoms with Crippen LogP contribution in [-0.2, 0) is 0 Å². The quantitative estimate of drug-likeness (QED) is 0.672. The van der Waals surface area contributed by atoms with Crippen molar-refractivity contribution in [1.82, 2.24) is 4.98 Å². The molecule has 1 aromatic heterocycles. The summed E-state index contributed by atoms with van der Waals surface area (Å²) in [6.07, 6.45) is 5.78. The summed E-state index contributed by atoms with van der Waals surface area (Å²) in [6, 6.07) is 1.57. The van der Waals surface area contributed by atoms with Crippen LogP contribution in [0.2, 0.25) is 5.02 Å². The van der Waals surface area contributed by atoms with Gasteiger partial charge in [0.05, 0.1) is 9.95 Å². The highest BCUT2D eigenvalue weighted by Gasteiger charge is 2.29. The van der Waals surface area contributed by atoms with Crippen LogP contribution < -0.4 is 5.32 Å². The van der Waals surface area contributed by atoms with Crippen LogP contribution in [0.4, 0.5) is 11.5 Å². The molecule has 0 saturated heterocycles. The average molecular weight is 284 g/mol. The van der Waals surface area contributed by atoms with Crippen LogP contribution in [-0.4, -0.2) is 15.9 Å². The fraction of sp³-hybridized carbons (Fsp3) is 0.615. The lowest BCUT2D eigenvalue weighted by molar-refractivity contribution is -0.384. The molecular formula is C13H18ClN3O2. The molecule has 0 spiro atoms. The SMILES string of the molecule is CC1(C)CCCC(Nc2ncc(Cl)cc2[N+](=O)[O-])C1. The van der Waals surface area contributed by atoms with Crippen LogP contribution in [0.25, 0.3) is 0 Å². The molecule has 1 unspecified atom stereocenters. The van der Waals surface area contributed by atoms with Crippen molar-refractivity contribution in [3.8, 4) is 0 Å². The van der Waals surface area contributed by atoms with E-state index < -0.39 is 4.92 Å². The first-order valence-electron chi connectivity index (χ1n) is 6.44. The Morgan fingerprint density at radius 1 is 1.58 bits per heavy atom. The minimum absolute atomic E-state index is 0.0594. The standard InChI is InChI=1S/C13H18ClN3O2/c1-13(2)5-3-4-10(7-13)16-12-11(17(18)19)6-9(14)8-15-12/h6,8,10H,3-5,7H2,1-2H3,(H,15,16). The molecule has 6 heteroatoms. The van der Waals surface area contributed by atoms with Crippen molar-refractivity contribution in [2.45, 2.75) is 45.6 Å². The lowest BCUT2D eigenvalue weighted by atomic mass is 9.75. The molecule has 1 saturated carbocycles. The van der Waals surface area contributed by atoms with Gasteiger partial charge in [0.25, 0.3) is 0 Å². The molecule has 1 aromatic rings. The van der Waals surface area contributed by atoms with E-state index in [-0.39, 0.29) is 22.2 Å². The molecule has 1 atom stereocenters. The highest BCUT2D eigenvalue weighted by Crippen LogP contribution is 2.37. The Hall–Kier alpha value is -1.36. The molecule has 1 heterocycles. The first-order valence-corrected chi connectivity index (χ1v) is 6.82. The Labute approximate surface area is 117 Å². The fourth-order valence-electron chi connectivity index (χ4n) is 2.69. The molecule has 0 amide bonds. The first-order chi connectivity index (χ1) is 8.87. The van der Waals surface area contributed by atoms with E-state index in [1.165, 1.54) is 18.7 Å². The smallest absolute Gasteiger partial charge is 0.312 e. The number of anilines is 1. The van der Waals surface area contributed by atoms with E-state index in [2.05, 4.69) is 24.1 Å². The third-order valence-corrected chi connectivity index (χ3v) is 3.78. The maximum Gasteiger partial charge on any atom is 0.312 e. The largest absolute Gasteiger partial charge is 0.362 e. The second-order valence-corrected chi connectivity index (χ2v) is 6.32. The van der Waals surface area contributed by atoms with E-state index in [1.54, 1.807) is 0 Å². The van der Waals surface area contributed by atoms with E-state index in [9.17, 15) is 10.1 Å². The summed E-state index contributed by atoms with van der Waals surface area (Å²) in [6.45, 7) is 4.45. The van der Waals surface area contributed by atoms with Crippen LogP contribution in [0.5, 0.6) is 0 Å². The zero-order valence-corrected chi connectivity index (χ0v) is 11.9. The van der Waals surface area contributed by atoms with E-state index in [0.29, 0.717) is 5.82 Å². The molecule has 1 aliphatic rings. The second-order valence-electron chi connectivity index (χ2n) is 5.88. The van der Waals surface area contributed by atoms with Gasteiger partial charge in [0, 0.05) is 18.3 Å². The lowest BCUT2D eigenvalue weighted by Gasteiger charge is -2.35. The summed E-state index contributed by atoms with van der Waals surface area (Å²) >= 11 is 5.75. The number of rotatable bonds is 3. The molecule has 1 fully saturated rings. The molecule has 1 N–H and O–H groups in total. The van der Waals surface area contributed by atoms with Crippen molar-refractivity contribution in [2.24, 2.45) is 5.41 Å². The number of hydrogen-bond donors (Lipinski definition) is 1. The van der Waals surface area contributed by atoms with Gasteiger partial charge in [0.2, 0.25) is 5.82 Å². The van der Waals surface area contributed by atoms with Crippen molar-refractivity contribution >= 4 is 23.1 Å². The number of aromatic nitrogens is 1. The van der Waals surface area contributed by atoms with E-state index in [0.717, 1.165) is 19.3 Å². The maximum atomic E-state index is 11.0. The van der Waals surface area contributed by atoms with Gasteiger partial charge in [-0.25, -0.2) is 4.98 Å². The van der Waals surface area contributed by atoms with Gasteiger partial charge in [-0.05, 0) is 24.7 Å². The van der Waals surface area contributed by atoms with Gasteiger partial charge in [-0.3, -0.25) is 10.1 Å². The molecule has 5 nitrogen and oxygen atoms in total. The van der Waals surface area contributed by atoms with Gasteiger partial charge >= 0.3 is 5.69 Å². The van der Waals surface area contributed by atoms with E-state index >= 15 is 0 Å². The van der Waals surface area contributed by atoms with Crippen molar-refractivity contribution < 1.29 is 4.92 Å². The molecule has 2 rings (SSSR count). The Bertz CT molecular complexity index is 491. The Morgan fingerprint density at radius 3 is 2.95 bits per heavy atom. The van der Waals surface area contributed by atoms with E-state index in [4.69, 9.17) is 11.6 Å². The Morgan fingerprint density at radius 2 is 2.32 bits per heavy atom. The summed E-state index contributed by atoms with van der Waals surface area (Å²) in [7, 11) is 0. The van der Waals surface area contributed by atoms with Gasteiger partial charge in [0.15, 0.2) is 0 Å². The molecule has 104 valence electrons. The Kier molecular flexibility index (Phi) is 3.94. The van der Waals surface area contributed by atoms with Crippen LogP contribution in [0, 0.1) is 15.5 Å². The van der Waals surface area contributed by atoms with Crippen LogP contribution in [0.1, 0.15) is 39.5 Å². The van der Waals surface area contributed by atoms with Gasteiger partial charge in [-0.1, -0.05) is 31.9 Å². The monoisotopic (exact) mass is 283 g/mol. The topological polar surface area (TPSA) is 68.1 Å². The summed E-state index contributed by atoms with van der Waals surface area (Å²) < 4.78 is 0. The Balaban J connectivity index is 2.17. The van der Waals surface area contributed by atoms with Gasteiger partial charge in [-0.15, -0.1) is 0 Å². The zero-order chi connectivity index (χ0) is 14.0. The zero-order valence-electron chi connectivity index (χ0n) is 11.1. The predicted octanol–water partition coefficient (Wildman–Crippen LogP) is 4.02. The molecule has 0 bridgehead atoms. The van der Waals surface area contributed by atoms with Crippen molar-refractivity contribution in [3.05, 3.63) is 27.4 Å². The highest BCUT2D eigenvalue weighted by atomic mass is 35.5. The van der Waals surface area contributed by atoms with Gasteiger partial charge in [-0.2, -0.15) is 0 Å². The van der Waals surface area contributed by atoms with Gasteiger partial charge in [0.1, 0.15) is 0 Å². The van der Waals surface area contributed by atoms with Crippen molar-refractivity contribution in [1.29, 1.82) is 0 Å². The number of pyridine rings is 1. The van der Waals surface area contributed by atoms with Gasteiger partial charge < -0.3 is 5.32 Å². The molecule has 0 aliphatic heterocycles. The molecular weight excluding hydrogens is 266 g/mol. The number of nitrogens with one attached hydrogen (secondary N) is 1. The average Bonchev–Trinajstić information content (AvgIpc) is 2.30. The molecule has 0 aromatic carbocycles. The summed E-state index contributed by atoms with van der Waals surface area (Å²) in [4.78, 5) is 14.6. The first kappa shape index (κ1) is 14.1. The van der Waals surface area contributed by atoms with Crippen molar-refractivity contribution in [3.63, 3.8) is 0 Å². The van der Waals surface area contributed by atoms with Crippen LogP contribution >= 0.6 is 11.6 Å². The molecule has 19 heavy (non-hydrogen) atoms. The van der Waals surface area contributed by atoms with Crippen LogP contribution in [0.3, 0.4) is 0 Å².